The Morgan fingerprint density at radius 1 is 1.29 bits per heavy atom. The number of nitrogens with zero attached hydrogens (tertiary/aromatic N) is 4. The molecule has 0 aromatic carbocycles. The summed E-state index contributed by atoms with van der Waals surface area (Å²) in [4.78, 5) is 35.1. The van der Waals surface area contributed by atoms with Crippen LogP contribution in [0.25, 0.3) is 0 Å². The molecule has 7 heteroatoms. The monoisotopic (exact) mass is 290 g/mol. The highest BCUT2D eigenvalue weighted by Crippen LogP contribution is 2.24. The Bertz CT molecular complexity index is 555. The molecule has 21 heavy (non-hydrogen) atoms. The van der Waals surface area contributed by atoms with Gasteiger partial charge in [-0.05, 0) is 25.3 Å². The molecule has 1 N–H and O–H groups in total. The van der Waals surface area contributed by atoms with Gasteiger partial charge in [0, 0.05) is 32.3 Å². The van der Waals surface area contributed by atoms with Crippen LogP contribution in [0.3, 0.4) is 0 Å². The van der Waals surface area contributed by atoms with Gasteiger partial charge in [-0.25, -0.2) is 4.98 Å². The van der Waals surface area contributed by atoms with Gasteiger partial charge in [0.2, 0.25) is 11.9 Å². The lowest BCUT2D eigenvalue weighted by molar-refractivity contribution is -0.142. The van der Waals surface area contributed by atoms with Crippen molar-refractivity contribution in [2.45, 2.75) is 25.7 Å². The Labute approximate surface area is 122 Å². The Morgan fingerprint density at radius 3 is 2.67 bits per heavy atom. The lowest BCUT2D eigenvalue weighted by Crippen LogP contribution is -2.37. The van der Waals surface area contributed by atoms with Gasteiger partial charge in [-0.3, -0.25) is 14.5 Å². The molecular formula is C14H18N4O3. The first-order valence-electron chi connectivity index (χ1n) is 7.26. The predicted molar refractivity (Wildman–Crippen MR) is 76.2 cm³/mol. The molecule has 0 saturated carbocycles. The third-order valence-electron chi connectivity index (χ3n) is 4.11. The normalized spacial score (nSPS) is 20.1. The zero-order valence-corrected chi connectivity index (χ0v) is 11.7. The molecule has 3 rings (SSSR count). The van der Waals surface area contributed by atoms with Crippen molar-refractivity contribution < 1.29 is 14.7 Å². The number of piperidine rings is 1. The van der Waals surface area contributed by atoms with Gasteiger partial charge < -0.3 is 10.0 Å². The fourth-order valence-electron chi connectivity index (χ4n) is 2.86. The molecule has 1 amide bonds. The van der Waals surface area contributed by atoms with Gasteiger partial charge in [0.05, 0.1) is 5.92 Å². The summed E-state index contributed by atoms with van der Waals surface area (Å²) in [5, 5.41) is 9.02. The summed E-state index contributed by atoms with van der Waals surface area (Å²) >= 11 is 0. The molecule has 3 heterocycles. The maximum atomic E-state index is 11.8. The van der Waals surface area contributed by atoms with Crippen LogP contribution in [0.15, 0.2) is 12.3 Å². The molecule has 2 saturated heterocycles. The van der Waals surface area contributed by atoms with Crippen molar-refractivity contribution in [1.82, 2.24) is 9.97 Å². The van der Waals surface area contributed by atoms with Crippen LogP contribution in [-0.4, -0.2) is 46.6 Å². The third-order valence-corrected chi connectivity index (χ3v) is 4.11. The molecular weight excluding hydrogens is 272 g/mol. The lowest BCUT2D eigenvalue weighted by Gasteiger charge is -2.30. The van der Waals surface area contributed by atoms with Gasteiger partial charge in [0.1, 0.15) is 5.82 Å². The van der Waals surface area contributed by atoms with E-state index in [0.717, 1.165) is 6.42 Å². The predicted octanol–water partition coefficient (Wildman–Crippen LogP) is 0.904. The van der Waals surface area contributed by atoms with Gasteiger partial charge in [0.25, 0.3) is 0 Å². The number of carboxylic acids is 1. The topological polar surface area (TPSA) is 86.6 Å². The molecule has 2 aliphatic rings. The summed E-state index contributed by atoms with van der Waals surface area (Å²) in [7, 11) is 0. The zero-order chi connectivity index (χ0) is 14.8. The van der Waals surface area contributed by atoms with E-state index in [9.17, 15) is 9.59 Å². The number of rotatable bonds is 3. The molecule has 7 nitrogen and oxygen atoms in total. The number of carboxylic acid groups (broad SMARTS) is 1. The van der Waals surface area contributed by atoms with Gasteiger partial charge in [-0.1, -0.05) is 0 Å². The van der Waals surface area contributed by atoms with E-state index in [2.05, 4.69) is 9.97 Å². The minimum Gasteiger partial charge on any atom is -0.481 e. The molecule has 1 aromatic rings. The Morgan fingerprint density at radius 2 is 2.05 bits per heavy atom. The molecule has 0 atom stereocenters. The van der Waals surface area contributed by atoms with E-state index in [0.29, 0.717) is 50.7 Å². The van der Waals surface area contributed by atoms with Crippen molar-refractivity contribution in [2.24, 2.45) is 5.92 Å². The number of carbonyl (C=O) groups is 2. The average Bonchev–Trinajstić information content (AvgIpc) is 2.94. The SMILES string of the molecule is O=C(O)C1CCN(c2nccc(N3CCCC3=O)n2)CC1. The molecule has 0 unspecified atom stereocenters. The number of aliphatic carboxylic acids is 1. The Kier molecular flexibility index (Phi) is 3.72. The van der Waals surface area contributed by atoms with Crippen LogP contribution >= 0.6 is 0 Å². The zero-order valence-electron chi connectivity index (χ0n) is 11.7. The highest BCUT2D eigenvalue weighted by atomic mass is 16.4. The quantitative estimate of drug-likeness (QED) is 0.890. The molecule has 1 aromatic heterocycles. The molecule has 0 bridgehead atoms. The number of amides is 1. The molecule has 0 aliphatic carbocycles. The molecule has 112 valence electrons. The number of hydrogen-bond acceptors (Lipinski definition) is 5. The minimum atomic E-state index is -0.730. The Hall–Kier alpha value is -2.18. The van der Waals surface area contributed by atoms with E-state index in [4.69, 9.17) is 5.11 Å². The van der Waals surface area contributed by atoms with Crippen molar-refractivity contribution in [3.63, 3.8) is 0 Å². The molecule has 0 spiro atoms. The fourth-order valence-corrected chi connectivity index (χ4v) is 2.86. The molecule has 0 radical (unpaired) electrons. The van der Waals surface area contributed by atoms with E-state index >= 15 is 0 Å². The van der Waals surface area contributed by atoms with E-state index < -0.39 is 5.97 Å². The number of anilines is 2. The van der Waals surface area contributed by atoms with Crippen molar-refractivity contribution in [2.75, 3.05) is 29.4 Å². The number of hydrogen-bond donors (Lipinski definition) is 1. The second-order valence-corrected chi connectivity index (χ2v) is 5.46. The summed E-state index contributed by atoms with van der Waals surface area (Å²) < 4.78 is 0. The van der Waals surface area contributed by atoms with Crippen LogP contribution in [0.4, 0.5) is 11.8 Å². The van der Waals surface area contributed by atoms with Crippen molar-refractivity contribution >= 4 is 23.6 Å². The Balaban J connectivity index is 1.72. The summed E-state index contributed by atoms with van der Waals surface area (Å²) in [6, 6.07) is 1.75. The first kappa shape index (κ1) is 13.8. The molecule has 2 aliphatic heterocycles. The molecule has 2 fully saturated rings. The number of aromatic nitrogens is 2. The smallest absolute Gasteiger partial charge is 0.306 e. The van der Waals surface area contributed by atoms with Crippen molar-refractivity contribution in [3.8, 4) is 0 Å². The summed E-state index contributed by atoms with van der Waals surface area (Å²) in [5.74, 6) is 0.319. The first-order chi connectivity index (χ1) is 10.1. The van der Waals surface area contributed by atoms with Gasteiger partial charge in [-0.2, -0.15) is 4.98 Å². The van der Waals surface area contributed by atoms with Crippen molar-refractivity contribution in [3.05, 3.63) is 12.3 Å². The van der Waals surface area contributed by atoms with Crippen LogP contribution in [0, 0.1) is 5.92 Å². The van der Waals surface area contributed by atoms with Gasteiger partial charge >= 0.3 is 5.97 Å². The highest BCUT2D eigenvalue weighted by Gasteiger charge is 2.27. The first-order valence-corrected chi connectivity index (χ1v) is 7.26. The summed E-state index contributed by atoms with van der Waals surface area (Å²) in [6.07, 6.45) is 4.30. The van der Waals surface area contributed by atoms with Crippen LogP contribution in [0.2, 0.25) is 0 Å². The number of carbonyl (C=O) groups excluding carboxylic acids is 1. The van der Waals surface area contributed by atoms with E-state index in [1.807, 2.05) is 4.90 Å². The van der Waals surface area contributed by atoms with Crippen LogP contribution in [0.5, 0.6) is 0 Å². The average molecular weight is 290 g/mol. The highest BCUT2D eigenvalue weighted by molar-refractivity contribution is 5.94. The third kappa shape index (κ3) is 2.81. The second kappa shape index (κ2) is 5.67. The van der Waals surface area contributed by atoms with E-state index in [1.165, 1.54) is 0 Å². The maximum Gasteiger partial charge on any atom is 0.306 e. The van der Waals surface area contributed by atoms with E-state index in [-0.39, 0.29) is 11.8 Å². The fraction of sp³-hybridized carbons (Fsp3) is 0.571. The minimum absolute atomic E-state index is 0.101. The maximum absolute atomic E-state index is 11.8. The van der Waals surface area contributed by atoms with Gasteiger partial charge in [-0.15, -0.1) is 0 Å². The van der Waals surface area contributed by atoms with Crippen molar-refractivity contribution in [1.29, 1.82) is 0 Å². The van der Waals surface area contributed by atoms with Gasteiger partial charge in [0.15, 0.2) is 0 Å². The van der Waals surface area contributed by atoms with E-state index in [1.54, 1.807) is 17.2 Å². The standard InChI is InChI=1S/C14H18N4O3/c19-12-2-1-7-18(12)11-3-6-15-14(16-11)17-8-4-10(5-9-17)13(20)21/h3,6,10H,1-2,4-5,7-9H2,(H,20,21). The summed E-state index contributed by atoms with van der Waals surface area (Å²) in [6.45, 7) is 1.97. The lowest BCUT2D eigenvalue weighted by atomic mass is 9.97. The van der Waals surface area contributed by atoms with Crippen LogP contribution in [-0.2, 0) is 9.59 Å². The second-order valence-electron chi connectivity index (χ2n) is 5.46. The van der Waals surface area contributed by atoms with Crippen LogP contribution in [0.1, 0.15) is 25.7 Å². The largest absolute Gasteiger partial charge is 0.481 e. The van der Waals surface area contributed by atoms with Crippen LogP contribution < -0.4 is 9.80 Å². The summed E-state index contributed by atoms with van der Waals surface area (Å²) in [5.41, 5.74) is 0.